The number of alkyl halides is 2. The van der Waals surface area contributed by atoms with Gasteiger partial charge in [0.25, 0.3) is 6.43 Å². The Morgan fingerprint density at radius 2 is 2.12 bits per heavy atom. The maximum absolute atomic E-state index is 13.1. The van der Waals surface area contributed by atoms with E-state index in [0.717, 1.165) is 13.2 Å². The Morgan fingerprint density at radius 1 is 1.50 bits per heavy atom. The third kappa shape index (κ3) is 2.14. The summed E-state index contributed by atoms with van der Waals surface area (Å²) in [6.07, 6.45) is -3.02. The molecule has 0 aliphatic rings. The molecule has 0 bridgehead atoms. The van der Waals surface area contributed by atoms with Crippen molar-refractivity contribution in [2.75, 3.05) is 7.11 Å². The Balaban J connectivity index is 3.44. The number of benzene rings is 1. The summed E-state index contributed by atoms with van der Waals surface area (Å²) in [5, 5.41) is 8.50. The van der Waals surface area contributed by atoms with Crippen LogP contribution in [-0.2, 0) is 4.74 Å². The molecule has 0 heterocycles. The van der Waals surface area contributed by atoms with Crippen LogP contribution in [0.15, 0.2) is 12.1 Å². The molecule has 0 aromatic heterocycles. The van der Waals surface area contributed by atoms with Crippen LogP contribution in [0.25, 0.3) is 0 Å². The summed E-state index contributed by atoms with van der Waals surface area (Å²) in [6, 6.07) is 2.67. The van der Waals surface area contributed by atoms with E-state index in [2.05, 4.69) is 4.74 Å². The van der Waals surface area contributed by atoms with Crippen molar-refractivity contribution in [2.45, 2.75) is 6.43 Å². The molecule has 84 valence electrons. The van der Waals surface area contributed by atoms with E-state index in [9.17, 15) is 18.0 Å². The number of nitrogens with zero attached hydrogens (tertiary/aromatic N) is 1. The molecule has 0 saturated carbocycles. The van der Waals surface area contributed by atoms with Crippen LogP contribution < -0.4 is 0 Å². The van der Waals surface area contributed by atoms with E-state index in [1.807, 2.05) is 0 Å². The van der Waals surface area contributed by atoms with E-state index >= 15 is 0 Å². The van der Waals surface area contributed by atoms with Crippen molar-refractivity contribution in [3.63, 3.8) is 0 Å². The fourth-order valence-electron chi connectivity index (χ4n) is 1.14. The van der Waals surface area contributed by atoms with E-state index in [0.29, 0.717) is 6.07 Å². The summed E-state index contributed by atoms with van der Waals surface area (Å²) in [5.41, 5.74) is -1.77. The van der Waals surface area contributed by atoms with Crippen molar-refractivity contribution in [3.8, 4) is 6.07 Å². The van der Waals surface area contributed by atoms with Gasteiger partial charge in [0.1, 0.15) is 11.9 Å². The maximum atomic E-state index is 13.1. The molecule has 0 spiro atoms. The highest BCUT2D eigenvalue weighted by atomic mass is 19.3. The van der Waals surface area contributed by atoms with Gasteiger partial charge in [-0.25, -0.2) is 18.0 Å². The van der Waals surface area contributed by atoms with Crippen molar-refractivity contribution >= 4 is 5.97 Å². The molecule has 3 nitrogen and oxygen atoms in total. The van der Waals surface area contributed by atoms with Gasteiger partial charge in [-0.3, -0.25) is 0 Å². The summed E-state index contributed by atoms with van der Waals surface area (Å²) in [5.74, 6) is -2.13. The van der Waals surface area contributed by atoms with Gasteiger partial charge < -0.3 is 4.74 Å². The Hall–Kier alpha value is -2.03. The molecule has 6 heteroatoms. The zero-order valence-corrected chi connectivity index (χ0v) is 8.13. The Bertz CT molecular complexity index is 466. The lowest BCUT2D eigenvalue weighted by Crippen LogP contribution is -2.08. The summed E-state index contributed by atoms with van der Waals surface area (Å²) in [6.45, 7) is 0. The second-order valence-electron chi connectivity index (χ2n) is 2.82. The molecule has 0 aliphatic carbocycles. The quantitative estimate of drug-likeness (QED) is 0.731. The van der Waals surface area contributed by atoms with E-state index < -0.39 is 34.9 Å². The van der Waals surface area contributed by atoms with Gasteiger partial charge in [-0.15, -0.1) is 0 Å². The minimum Gasteiger partial charge on any atom is -0.465 e. The van der Waals surface area contributed by atoms with E-state index in [1.165, 1.54) is 6.07 Å². The fraction of sp³-hybridized carbons (Fsp3) is 0.200. The Morgan fingerprint density at radius 3 is 2.56 bits per heavy atom. The highest BCUT2D eigenvalue weighted by molar-refractivity contribution is 5.91. The van der Waals surface area contributed by atoms with Gasteiger partial charge in [-0.2, -0.15) is 5.26 Å². The molecule has 16 heavy (non-hydrogen) atoms. The predicted molar refractivity (Wildman–Crippen MR) is 47.4 cm³/mol. The molecular weight excluding hydrogens is 223 g/mol. The Kier molecular flexibility index (Phi) is 3.51. The number of esters is 1. The lowest BCUT2D eigenvalue weighted by atomic mass is 10.0. The number of ether oxygens (including phenoxy) is 1. The van der Waals surface area contributed by atoms with Crippen LogP contribution in [-0.4, -0.2) is 13.1 Å². The highest BCUT2D eigenvalue weighted by Crippen LogP contribution is 2.26. The van der Waals surface area contributed by atoms with Crippen LogP contribution in [0.4, 0.5) is 13.2 Å². The topological polar surface area (TPSA) is 50.1 Å². The molecule has 0 radical (unpaired) electrons. The SMILES string of the molecule is COC(=O)c1cc(C#N)c(F)cc1C(F)F. The molecule has 0 N–H and O–H groups in total. The average molecular weight is 229 g/mol. The minimum atomic E-state index is -3.02. The second-order valence-corrected chi connectivity index (χ2v) is 2.82. The number of hydrogen-bond donors (Lipinski definition) is 0. The molecule has 0 aliphatic heterocycles. The molecule has 1 aromatic rings. The van der Waals surface area contributed by atoms with Gasteiger partial charge in [0.05, 0.1) is 18.2 Å². The number of carbonyl (C=O) groups excluding carboxylic acids is 1. The minimum absolute atomic E-state index is 0.468. The highest BCUT2D eigenvalue weighted by Gasteiger charge is 2.21. The zero-order chi connectivity index (χ0) is 12.3. The van der Waals surface area contributed by atoms with Crippen LogP contribution in [0.1, 0.15) is 27.9 Å². The van der Waals surface area contributed by atoms with Gasteiger partial charge in [-0.05, 0) is 12.1 Å². The zero-order valence-electron chi connectivity index (χ0n) is 8.13. The van der Waals surface area contributed by atoms with Crippen LogP contribution in [0, 0.1) is 17.1 Å². The number of rotatable bonds is 2. The summed E-state index contributed by atoms with van der Waals surface area (Å²) in [4.78, 5) is 11.1. The van der Waals surface area contributed by atoms with Crippen LogP contribution in [0.5, 0.6) is 0 Å². The first-order chi connectivity index (χ1) is 7.51. The molecule has 0 atom stereocenters. The van der Waals surface area contributed by atoms with Crippen molar-refractivity contribution in [2.24, 2.45) is 0 Å². The fourth-order valence-corrected chi connectivity index (χ4v) is 1.14. The van der Waals surface area contributed by atoms with Crippen LogP contribution >= 0.6 is 0 Å². The number of methoxy groups -OCH3 is 1. The Labute approximate surface area is 89.1 Å². The molecule has 0 fully saturated rings. The third-order valence-electron chi connectivity index (χ3n) is 1.90. The third-order valence-corrected chi connectivity index (χ3v) is 1.90. The summed E-state index contributed by atoms with van der Waals surface area (Å²) < 4.78 is 42.3. The maximum Gasteiger partial charge on any atom is 0.338 e. The summed E-state index contributed by atoms with van der Waals surface area (Å²) >= 11 is 0. The summed E-state index contributed by atoms with van der Waals surface area (Å²) in [7, 11) is 1.01. The second kappa shape index (κ2) is 4.66. The first kappa shape index (κ1) is 12.0. The van der Waals surface area contributed by atoms with Crippen molar-refractivity contribution < 1.29 is 22.7 Å². The number of nitriles is 1. The van der Waals surface area contributed by atoms with E-state index in [-0.39, 0.29) is 0 Å². The van der Waals surface area contributed by atoms with Gasteiger partial charge >= 0.3 is 5.97 Å². The number of carbonyl (C=O) groups is 1. The van der Waals surface area contributed by atoms with Gasteiger partial charge in [0.2, 0.25) is 0 Å². The predicted octanol–water partition coefficient (Wildman–Crippen LogP) is 2.42. The normalized spacial score (nSPS) is 10.0. The van der Waals surface area contributed by atoms with Crippen molar-refractivity contribution in [1.82, 2.24) is 0 Å². The first-order valence-electron chi connectivity index (χ1n) is 4.11. The van der Waals surface area contributed by atoms with Crippen molar-refractivity contribution in [1.29, 1.82) is 5.26 Å². The van der Waals surface area contributed by atoms with E-state index in [4.69, 9.17) is 5.26 Å². The van der Waals surface area contributed by atoms with Gasteiger partial charge in [0.15, 0.2) is 0 Å². The molecular formula is C10H6F3NO2. The average Bonchev–Trinajstić information content (AvgIpc) is 2.27. The van der Waals surface area contributed by atoms with Gasteiger partial charge in [0, 0.05) is 5.56 Å². The lowest BCUT2D eigenvalue weighted by molar-refractivity contribution is 0.0589. The van der Waals surface area contributed by atoms with Crippen LogP contribution in [0.3, 0.4) is 0 Å². The first-order valence-corrected chi connectivity index (χ1v) is 4.11. The van der Waals surface area contributed by atoms with Gasteiger partial charge in [-0.1, -0.05) is 0 Å². The number of halogens is 3. The number of hydrogen-bond acceptors (Lipinski definition) is 3. The molecule has 1 rings (SSSR count). The molecule has 0 amide bonds. The van der Waals surface area contributed by atoms with E-state index in [1.54, 1.807) is 0 Å². The molecule has 1 aromatic carbocycles. The van der Waals surface area contributed by atoms with Crippen LogP contribution in [0.2, 0.25) is 0 Å². The smallest absolute Gasteiger partial charge is 0.338 e. The molecule has 0 unspecified atom stereocenters. The lowest BCUT2D eigenvalue weighted by Gasteiger charge is -2.07. The molecule has 0 saturated heterocycles. The largest absolute Gasteiger partial charge is 0.465 e. The standard InChI is InChI=1S/C10H6F3NO2/c1-16-10(15)7-2-5(4-14)8(11)3-6(7)9(12)13/h2-3,9H,1H3. The van der Waals surface area contributed by atoms with Crippen molar-refractivity contribution in [3.05, 3.63) is 34.6 Å². The monoisotopic (exact) mass is 229 g/mol.